The molecule has 2 aliphatic carbocycles. The Morgan fingerprint density at radius 2 is 1.21 bits per heavy atom. The Morgan fingerprint density at radius 1 is 0.713 bits per heavy atom. The lowest BCUT2D eigenvalue weighted by Gasteiger charge is -2.22. The molecular formula is C55H58Cl2F6N16O8. The van der Waals surface area contributed by atoms with Crippen LogP contribution in [0.2, 0.25) is 10.0 Å². The number of halogens is 8. The number of nitrogens with two attached hydrogens (primary N) is 2. The summed E-state index contributed by atoms with van der Waals surface area (Å²) >= 11 is 11.6. The molecule has 0 unspecified atom stereocenters. The molecule has 2 aliphatic heterocycles. The van der Waals surface area contributed by atoms with Crippen molar-refractivity contribution in [1.29, 1.82) is 0 Å². The zero-order valence-electron chi connectivity index (χ0n) is 45.3. The third kappa shape index (κ3) is 16.9. The van der Waals surface area contributed by atoms with Gasteiger partial charge >= 0.3 is 6.03 Å². The Kier molecular flexibility index (Phi) is 21.1. The second-order valence-corrected chi connectivity index (χ2v) is 21.2. The molecule has 4 heterocycles. The number of alkyl halides is 4. The average Bonchev–Trinajstić information content (AvgIpc) is 1.73. The number of nitrogens with zero attached hydrogens (tertiary/aromatic N) is 10. The number of amides is 9. The van der Waals surface area contributed by atoms with Crippen molar-refractivity contribution >= 4 is 98.1 Å². The lowest BCUT2D eigenvalue weighted by molar-refractivity contribution is -0.137. The highest BCUT2D eigenvalue weighted by Gasteiger charge is 2.41. The number of benzene rings is 4. The predicted octanol–water partition coefficient (Wildman–Crippen LogP) is 7.04. The van der Waals surface area contributed by atoms with E-state index in [9.17, 15) is 64.7 Å². The van der Waals surface area contributed by atoms with Gasteiger partial charge in [-0.1, -0.05) is 54.9 Å². The van der Waals surface area contributed by atoms with Crippen LogP contribution >= 0.6 is 23.2 Å². The molecule has 24 nitrogen and oxygen atoms in total. The summed E-state index contributed by atoms with van der Waals surface area (Å²) in [5, 5.41) is 22.0. The monoisotopic (exact) mass is 1250 g/mol. The number of likely N-dealkylation sites (tertiary alicyclic amines) is 1. The van der Waals surface area contributed by atoms with E-state index in [1.54, 1.807) is 12.1 Å². The van der Waals surface area contributed by atoms with Crippen LogP contribution in [0.15, 0.2) is 77.9 Å². The van der Waals surface area contributed by atoms with Crippen molar-refractivity contribution in [2.45, 2.75) is 96.1 Å². The lowest BCUT2D eigenvalue weighted by atomic mass is 10.1. The fourth-order valence-corrected chi connectivity index (χ4v) is 9.63. The van der Waals surface area contributed by atoms with Gasteiger partial charge in [0, 0.05) is 89.2 Å². The maximum absolute atomic E-state index is 14.2. The summed E-state index contributed by atoms with van der Waals surface area (Å²) in [6.45, 7) is -1.80. The van der Waals surface area contributed by atoms with Gasteiger partial charge in [0.1, 0.15) is 24.7 Å². The highest BCUT2D eigenvalue weighted by molar-refractivity contribution is 6.31. The molecule has 0 radical (unpaired) electrons. The van der Waals surface area contributed by atoms with Crippen LogP contribution in [0.25, 0.3) is 32.2 Å². The number of hydrogen-bond acceptors (Lipinski definition) is 11. The molecule has 462 valence electrons. The van der Waals surface area contributed by atoms with Gasteiger partial charge in [-0.3, -0.25) is 42.9 Å². The predicted molar refractivity (Wildman–Crippen MR) is 305 cm³/mol. The Bertz CT molecular complexity index is 3700. The molecule has 0 atom stereocenters. The molecular weight excluding hydrogens is 1200 g/mol. The van der Waals surface area contributed by atoms with Crippen LogP contribution in [0.5, 0.6) is 0 Å². The van der Waals surface area contributed by atoms with Crippen molar-refractivity contribution in [3.63, 3.8) is 0 Å². The smallest absolute Gasteiger partial charge is 0.322 e. The first kappa shape index (κ1) is 65.6. The third-order valence-corrected chi connectivity index (χ3v) is 14.5. The summed E-state index contributed by atoms with van der Waals surface area (Å²) in [6, 6.07) is 16.5. The highest BCUT2D eigenvalue weighted by Crippen LogP contribution is 2.32. The van der Waals surface area contributed by atoms with Crippen molar-refractivity contribution < 1.29 is 64.7 Å². The summed E-state index contributed by atoms with van der Waals surface area (Å²) in [5.41, 5.74) is 20.5. The van der Waals surface area contributed by atoms with Gasteiger partial charge in [0.15, 0.2) is 11.4 Å². The molecule has 2 saturated heterocycles. The second-order valence-electron chi connectivity index (χ2n) is 20.4. The number of fused-ring (bicyclic) bond motifs is 2. The van der Waals surface area contributed by atoms with Gasteiger partial charge in [-0.15, -0.1) is 0 Å². The van der Waals surface area contributed by atoms with Crippen LogP contribution in [0.3, 0.4) is 0 Å². The highest BCUT2D eigenvalue weighted by atomic mass is 35.5. The first-order valence-corrected chi connectivity index (χ1v) is 27.3. The van der Waals surface area contributed by atoms with Gasteiger partial charge in [-0.05, 0) is 84.9 Å². The zero-order valence-corrected chi connectivity index (χ0v) is 46.8. The second kappa shape index (κ2) is 28.0. The number of carbonyl (C=O) groups is 8. The van der Waals surface area contributed by atoms with Crippen molar-refractivity contribution in [2.75, 3.05) is 44.6 Å². The maximum atomic E-state index is 14.2. The third-order valence-electron chi connectivity index (χ3n) is 13.9. The molecule has 2 saturated carbocycles. The van der Waals surface area contributed by atoms with Crippen molar-refractivity contribution in [3.05, 3.63) is 133 Å². The Morgan fingerprint density at radius 3 is 1.62 bits per heavy atom. The SMILES string of the molecule is C.FC1(F)CCNC1.NC(=O)c1nn(CC(=O)N(CC(=O)NCc2cccc(Cl)c2F)C2CC2)c2ccc(NC(=O)N3CCC(F)(F)C3)cc12.[N-]=[N+]=NC(=O)c1ccc2c(c1)c(C(N)=O)nn2CC(=O)N(CC(=O)NCc1cccc(Cl)c1F)C1CC1. The molecule has 0 spiro atoms. The Hall–Kier alpha value is -8.99. The molecule has 4 aromatic carbocycles. The normalized spacial score (nSPS) is 15.3. The maximum Gasteiger partial charge on any atom is 0.322 e. The van der Waals surface area contributed by atoms with E-state index in [4.69, 9.17) is 40.2 Å². The summed E-state index contributed by atoms with van der Waals surface area (Å²) in [6.07, 6.45) is 2.44. The fraction of sp³-hybridized carbons (Fsp3) is 0.382. The number of primary amides is 2. The molecule has 32 heteroatoms. The molecule has 6 aromatic rings. The van der Waals surface area contributed by atoms with E-state index < -0.39 is 83.8 Å². The van der Waals surface area contributed by atoms with E-state index in [1.165, 1.54) is 79.8 Å². The zero-order chi connectivity index (χ0) is 62.2. The minimum atomic E-state index is -2.95. The molecule has 87 heavy (non-hydrogen) atoms. The molecule has 9 amide bonds. The quantitative estimate of drug-likeness (QED) is 0.0219. The van der Waals surface area contributed by atoms with Gasteiger partial charge < -0.3 is 47.4 Å². The molecule has 4 aliphatic rings. The van der Waals surface area contributed by atoms with E-state index in [1.807, 2.05) is 0 Å². The van der Waals surface area contributed by atoms with Crippen molar-refractivity contribution in [1.82, 2.24) is 50.2 Å². The largest absolute Gasteiger partial charge is 0.364 e. The molecule has 8 N–H and O–H groups in total. The van der Waals surface area contributed by atoms with Gasteiger partial charge in [-0.2, -0.15) is 10.2 Å². The van der Waals surface area contributed by atoms with Crippen LogP contribution in [0.1, 0.15) is 88.4 Å². The fourth-order valence-electron chi connectivity index (χ4n) is 9.25. The summed E-state index contributed by atoms with van der Waals surface area (Å²) < 4.78 is 81.6. The van der Waals surface area contributed by atoms with Crippen LogP contribution in [0, 0.1) is 11.6 Å². The standard InChI is InChI=1S/C27H27ClF3N7O4.C23H20ClFN8O4.C4H7F2N.CH4/c28-19-3-1-2-15(23(19)29)11-33-21(39)12-37(17-5-6-17)22(40)13-38-20-7-4-16(10-18(20)24(35-38)25(32)41)34-26(42)36-9-8-27(30,31)14-36;24-16-3-1-2-13(20(16)25)9-28-18(34)10-32(14-5-6-14)19(35)11-33-17-7-4-12(23(37)29-31-27)8-15(17)21(30-33)22(26)36;5-4(6)1-2-7-3-4;/h1-4,7,10,17H,5-6,8-9,11-14H2,(H2,32,41)(H,33,39)(H,34,42);1-4,7-8,14H,5-6,9-11H2,(H2,26,36)(H,28,34);7H,1-3H2;1H4. The number of nitrogens with one attached hydrogen (secondary N) is 4. The number of azide groups is 1. The van der Waals surface area contributed by atoms with Gasteiger partial charge in [0.05, 0.1) is 47.3 Å². The van der Waals surface area contributed by atoms with Crippen molar-refractivity contribution in [3.8, 4) is 0 Å². The minimum Gasteiger partial charge on any atom is -0.364 e. The van der Waals surface area contributed by atoms with E-state index in [2.05, 4.69) is 41.5 Å². The number of urea groups is 1. The average molecular weight is 1260 g/mol. The molecule has 10 rings (SSSR count). The number of hydrogen-bond donors (Lipinski definition) is 6. The summed E-state index contributed by atoms with van der Waals surface area (Å²) in [5.74, 6) is -11.1. The molecule has 4 fully saturated rings. The van der Waals surface area contributed by atoms with Gasteiger partial charge in [0.25, 0.3) is 23.7 Å². The lowest BCUT2D eigenvalue weighted by Crippen LogP contribution is -2.43. The summed E-state index contributed by atoms with van der Waals surface area (Å²) in [4.78, 5) is 106. The van der Waals surface area contributed by atoms with E-state index >= 15 is 0 Å². The van der Waals surface area contributed by atoms with Crippen LogP contribution in [0.4, 0.5) is 36.8 Å². The number of aromatic nitrogens is 4. The van der Waals surface area contributed by atoms with Gasteiger partial charge in [-0.25, -0.2) is 31.1 Å². The van der Waals surface area contributed by atoms with E-state index in [-0.39, 0.29) is 133 Å². The first-order valence-electron chi connectivity index (χ1n) is 26.5. The Labute approximate surface area is 501 Å². The number of carbonyl (C=O) groups excluding carboxylic acids is 8. The van der Waals surface area contributed by atoms with Crippen LogP contribution in [-0.2, 0) is 45.4 Å². The van der Waals surface area contributed by atoms with Crippen LogP contribution < -0.4 is 32.7 Å². The molecule has 0 bridgehead atoms. The summed E-state index contributed by atoms with van der Waals surface area (Å²) in [7, 11) is 0. The Balaban J connectivity index is 0.000000222. The van der Waals surface area contributed by atoms with Crippen LogP contribution in [-0.4, -0.2) is 145 Å². The first-order chi connectivity index (χ1) is 40.8. The van der Waals surface area contributed by atoms with E-state index in [0.717, 1.165) is 17.7 Å². The van der Waals surface area contributed by atoms with E-state index in [0.29, 0.717) is 30.4 Å². The topological polar surface area (TPSA) is 331 Å². The number of anilines is 1. The minimum absolute atomic E-state index is 0. The van der Waals surface area contributed by atoms with Crippen molar-refractivity contribution in [2.24, 2.45) is 16.6 Å². The number of rotatable bonds is 18. The van der Waals surface area contributed by atoms with Gasteiger partial charge in [0.2, 0.25) is 29.5 Å². The molecule has 2 aromatic heterocycles.